The van der Waals surface area contributed by atoms with Gasteiger partial charge in [-0.25, -0.2) is 0 Å². The summed E-state index contributed by atoms with van der Waals surface area (Å²) in [7, 11) is 1.61. The van der Waals surface area contributed by atoms with E-state index in [2.05, 4.69) is 0 Å². The number of hydrogen-bond donors (Lipinski definition) is 0. The predicted molar refractivity (Wildman–Crippen MR) is 60.3 cm³/mol. The second kappa shape index (κ2) is 6.00. The zero-order valence-electron chi connectivity index (χ0n) is 10.7. The second-order valence-corrected chi connectivity index (χ2v) is 4.25. The Labute approximate surface area is 101 Å². The van der Waals surface area contributed by atoms with E-state index in [-0.39, 0.29) is 19.1 Å². The minimum Gasteiger partial charge on any atom is -0.465 e. The van der Waals surface area contributed by atoms with E-state index in [0.717, 1.165) is 0 Å². The van der Waals surface area contributed by atoms with Crippen molar-refractivity contribution in [3.05, 3.63) is 0 Å². The molecule has 1 fully saturated rings. The molecule has 1 rings (SSSR count). The summed E-state index contributed by atoms with van der Waals surface area (Å²) >= 11 is 0. The molecular weight excluding hydrogens is 224 g/mol. The standard InChI is InChI=1S/C12H20O5/c1-4-16-10(13)12(11(14)17-5-2)6-9(7-12)8-15-3/h9H,4-8H2,1-3H3. The van der Waals surface area contributed by atoms with Gasteiger partial charge in [-0.3, -0.25) is 9.59 Å². The monoisotopic (exact) mass is 244 g/mol. The Balaban J connectivity index is 2.68. The Hall–Kier alpha value is -1.10. The molecule has 0 saturated heterocycles. The maximum Gasteiger partial charge on any atom is 0.323 e. The highest BCUT2D eigenvalue weighted by Gasteiger charge is 2.58. The summed E-state index contributed by atoms with van der Waals surface area (Å²) in [6.07, 6.45) is 0.914. The Bertz CT molecular complexity index is 261. The Morgan fingerprint density at radius 1 is 1.12 bits per heavy atom. The van der Waals surface area contributed by atoms with Crippen molar-refractivity contribution in [1.82, 2.24) is 0 Å². The molecule has 1 aliphatic rings. The molecular formula is C12H20O5. The SMILES string of the molecule is CCOC(=O)C1(C(=O)OCC)CC(COC)C1. The van der Waals surface area contributed by atoms with Crippen LogP contribution in [0.2, 0.25) is 0 Å². The first-order chi connectivity index (χ1) is 8.10. The van der Waals surface area contributed by atoms with E-state index in [0.29, 0.717) is 19.4 Å². The minimum atomic E-state index is -1.09. The summed E-state index contributed by atoms with van der Waals surface area (Å²) in [6.45, 7) is 4.55. The van der Waals surface area contributed by atoms with Crippen molar-refractivity contribution in [3.63, 3.8) is 0 Å². The summed E-state index contributed by atoms with van der Waals surface area (Å²) in [4.78, 5) is 23.7. The highest BCUT2D eigenvalue weighted by molar-refractivity contribution is 6.01. The molecule has 0 heterocycles. The van der Waals surface area contributed by atoms with Gasteiger partial charge in [0.25, 0.3) is 0 Å². The number of esters is 2. The third-order valence-electron chi connectivity index (χ3n) is 3.01. The number of methoxy groups -OCH3 is 1. The second-order valence-electron chi connectivity index (χ2n) is 4.25. The third-order valence-corrected chi connectivity index (χ3v) is 3.01. The molecule has 98 valence electrons. The van der Waals surface area contributed by atoms with Crippen LogP contribution in [0.25, 0.3) is 0 Å². The van der Waals surface area contributed by atoms with Gasteiger partial charge in [-0.05, 0) is 32.6 Å². The van der Waals surface area contributed by atoms with E-state index < -0.39 is 17.4 Å². The first-order valence-corrected chi connectivity index (χ1v) is 5.94. The number of carbonyl (C=O) groups is 2. The molecule has 0 atom stereocenters. The van der Waals surface area contributed by atoms with Crippen molar-refractivity contribution >= 4 is 11.9 Å². The molecule has 0 aromatic rings. The zero-order valence-corrected chi connectivity index (χ0v) is 10.7. The smallest absolute Gasteiger partial charge is 0.323 e. The van der Waals surface area contributed by atoms with Crippen molar-refractivity contribution in [3.8, 4) is 0 Å². The van der Waals surface area contributed by atoms with Crippen LogP contribution >= 0.6 is 0 Å². The average Bonchev–Trinajstić information content (AvgIpc) is 2.23. The number of hydrogen-bond acceptors (Lipinski definition) is 5. The molecule has 0 aromatic carbocycles. The number of rotatable bonds is 6. The summed E-state index contributed by atoms with van der Waals surface area (Å²) in [6, 6.07) is 0. The fourth-order valence-electron chi connectivity index (χ4n) is 2.23. The van der Waals surface area contributed by atoms with Gasteiger partial charge in [0.1, 0.15) is 0 Å². The normalized spacial score (nSPS) is 18.3. The highest BCUT2D eigenvalue weighted by atomic mass is 16.6. The van der Waals surface area contributed by atoms with Crippen LogP contribution in [-0.2, 0) is 23.8 Å². The van der Waals surface area contributed by atoms with Crippen molar-refractivity contribution < 1.29 is 23.8 Å². The lowest BCUT2D eigenvalue weighted by atomic mass is 9.62. The van der Waals surface area contributed by atoms with Crippen LogP contribution in [0.3, 0.4) is 0 Å². The van der Waals surface area contributed by atoms with E-state index in [4.69, 9.17) is 14.2 Å². The van der Waals surface area contributed by atoms with Crippen LogP contribution in [0.1, 0.15) is 26.7 Å². The topological polar surface area (TPSA) is 61.8 Å². The number of ether oxygens (including phenoxy) is 3. The van der Waals surface area contributed by atoms with Crippen molar-refractivity contribution in [1.29, 1.82) is 0 Å². The van der Waals surface area contributed by atoms with Crippen LogP contribution in [0, 0.1) is 11.3 Å². The molecule has 5 heteroatoms. The van der Waals surface area contributed by atoms with E-state index in [1.54, 1.807) is 21.0 Å². The van der Waals surface area contributed by atoms with Crippen LogP contribution in [0.4, 0.5) is 0 Å². The van der Waals surface area contributed by atoms with E-state index in [1.807, 2.05) is 0 Å². The summed E-state index contributed by atoms with van der Waals surface area (Å²) in [5, 5.41) is 0. The van der Waals surface area contributed by atoms with Gasteiger partial charge < -0.3 is 14.2 Å². The Morgan fingerprint density at radius 2 is 1.59 bits per heavy atom. The zero-order chi connectivity index (χ0) is 12.9. The van der Waals surface area contributed by atoms with Gasteiger partial charge in [-0.15, -0.1) is 0 Å². The fourth-order valence-corrected chi connectivity index (χ4v) is 2.23. The Morgan fingerprint density at radius 3 is 1.94 bits per heavy atom. The van der Waals surface area contributed by atoms with Gasteiger partial charge in [0.2, 0.25) is 0 Å². The minimum absolute atomic E-state index is 0.230. The molecule has 17 heavy (non-hydrogen) atoms. The van der Waals surface area contributed by atoms with Gasteiger partial charge >= 0.3 is 11.9 Å². The molecule has 0 unspecified atom stereocenters. The lowest BCUT2D eigenvalue weighted by Crippen LogP contribution is -2.52. The molecule has 0 aliphatic heterocycles. The lowest BCUT2D eigenvalue weighted by Gasteiger charge is -2.42. The molecule has 0 spiro atoms. The molecule has 0 bridgehead atoms. The van der Waals surface area contributed by atoms with Crippen molar-refractivity contribution in [2.75, 3.05) is 26.9 Å². The maximum atomic E-state index is 11.8. The average molecular weight is 244 g/mol. The summed E-state index contributed by atoms with van der Waals surface area (Å²) < 4.78 is 14.9. The van der Waals surface area contributed by atoms with Gasteiger partial charge in [0.05, 0.1) is 13.2 Å². The van der Waals surface area contributed by atoms with Crippen molar-refractivity contribution in [2.24, 2.45) is 11.3 Å². The fraction of sp³-hybridized carbons (Fsp3) is 0.833. The molecule has 0 aromatic heterocycles. The molecule has 1 aliphatic carbocycles. The third kappa shape index (κ3) is 2.77. The summed E-state index contributed by atoms with van der Waals surface area (Å²) in [5.41, 5.74) is -1.09. The van der Waals surface area contributed by atoms with Crippen molar-refractivity contribution in [2.45, 2.75) is 26.7 Å². The molecule has 5 nitrogen and oxygen atoms in total. The molecule has 0 N–H and O–H groups in total. The van der Waals surface area contributed by atoms with Crippen LogP contribution < -0.4 is 0 Å². The molecule has 1 saturated carbocycles. The van der Waals surface area contributed by atoms with Crippen LogP contribution in [0.15, 0.2) is 0 Å². The molecule has 0 amide bonds. The predicted octanol–water partition coefficient (Wildman–Crippen LogP) is 1.16. The van der Waals surface area contributed by atoms with Gasteiger partial charge in [0, 0.05) is 13.7 Å². The lowest BCUT2D eigenvalue weighted by molar-refractivity contribution is -0.184. The first kappa shape index (κ1) is 14.0. The first-order valence-electron chi connectivity index (χ1n) is 5.94. The summed E-state index contributed by atoms with van der Waals surface area (Å²) in [5.74, 6) is -0.703. The number of carbonyl (C=O) groups excluding carboxylic acids is 2. The van der Waals surface area contributed by atoms with Gasteiger partial charge in [-0.2, -0.15) is 0 Å². The largest absolute Gasteiger partial charge is 0.465 e. The van der Waals surface area contributed by atoms with Gasteiger partial charge in [0.15, 0.2) is 5.41 Å². The van der Waals surface area contributed by atoms with Gasteiger partial charge in [-0.1, -0.05) is 0 Å². The van der Waals surface area contributed by atoms with Crippen LogP contribution in [0.5, 0.6) is 0 Å². The highest BCUT2D eigenvalue weighted by Crippen LogP contribution is 2.47. The van der Waals surface area contributed by atoms with E-state index >= 15 is 0 Å². The van der Waals surface area contributed by atoms with Crippen LogP contribution in [-0.4, -0.2) is 38.9 Å². The van der Waals surface area contributed by atoms with E-state index in [9.17, 15) is 9.59 Å². The Kier molecular flexibility index (Phi) is 4.93. The van der Waals surface area contributed by atoms with E-state index in [1.165, 1.54) is 0 Å². The quantitative estimate of drug-likeness (QED) is 0.518. The molecule has 0 radical (unpaired) electrons. The maximum absolute atomic E-state index is 11.8.